The lowest BCUT2D eigenvalue weighted by atomic mass is 10.2. The highest BCUT2D eigenvalue weighted by molar-refractivity contribution is 7.99. The number of nitrogens with zero attached hydrogens (tertiary/aromatic N) is 3. The van der Waals surface area contributed by atoms with Gasteiger partial charge in [0.2, 0.25) is 17.7 Å². The third-order valence-electron chi connectivity index (χ3n) is 3.67. The predicted molar refractivity (Wildman–Crippen MR) is 117 cm³/mol. The van der Waals surface area contributed by atoms with Gasteiger partial charge in [0.15, 0.2) is 0 Å². The highest BCUT2D eigenvalue weighted by Gasteiger charge is 2.17. The van der Waals surface area contributed by atoms with Crippen molar-refractivity contribution in [2.45, 2.75) is 12.1 Å². The second-order valence-electron chi connectivity index (χ2n) is 6.01. The molecule has 31 heavy (non-hydrogen) atoms. The number of amides is 2. The largest absolute Gasteiger partial charge is 0.411 e. The molecule has 0 atom stereocenters. The minimum atomic E-state index is -0.641. The Labute approximate surface area is 189 Å². The van der Waals surface area contributed by atoms with Gasteiger partial charge in [-0.2, -0.15) is 0 Å². The smallest absolute Gasteiger partial charge is 0.277 e. The Morgan fingerprint density at radius 3 is 2.52 bits per heavy atom. The number of nitro benzene ring substituents is 1. The molecule has 160 valence electrons. The summed E-state index contributed by atoms with van der Waals surface area (Å²) in [7, 11) is 0. The summed E-state index contributed by atoms with van der Waals surface area (Å²) in [5, 5.41) is 23.8. The lowest BCUT2D eigenvalue weighted by molar-refractivity contribution is -0.384. The molecule has 1 aromatic heterocycles. The number of hydrogen-bond acceptors (Lipinski definition) is 8. The van der Waals surface area contributed by atoms with Gasteiger partial charge in [0.1, 0.15) is 0 Å². The van der Waals surface area contributed by atoms with Crippen LogP contribution in [-0.4, -0.2) is 32.7 Å². The van der Waals surface area contributed by atoms with E-state index in [-0.39, 0.29) is 44.2 Å². The van der Waals surface area contributed by atoms with Crippen LogP contribution >= 0.6 is 35.0 Å². The van der Waals surface area contributed by atoms with E-state index in [1.54, 1.807) is 24.3 Å². The molecule has 0 aliphatic heterocycles. The number of benzene rings is 2. The Morgan fingerprint density at radius 1 is 1.16 bits per heavy atom. The third kappa shape index (κ3) is 5.94. The Bertz CT molecular complexity index is 1150. The van der Waals surface area contributed by atoms with Crippen LogP contribution in [0.1, 0.15) is 6.92 Å². The molecule has 2 N–H and O–H groups in total. The first-order valence-corrected chi connectivity index (χ1v) is 10.2. The number of aromatic nitrogens is 2. The van der Waals surface area contributed by atoms with Crippen LogP contribution in [-0.2, 0) is 9.59 Å². The Morgan fingerprint density at radius 2 is 1.87 bits per heavy atom. The van der Waals surface area contributed by atoms with Gasteiger partial charge in [-0.15, -0.1) is 10.2 Å². The molecule has 1 heterocycles. The average molecular weight is 482 g/mol. The summed E-state index contributed by atoms with van der Waals surface area (Å²) in [6, 6.07) is 9.04. The van der Waals surface area contributed by atoms with Gasteiger partial charge in [-0.05, 0) is 18.2 Å². The van der Waals surface area contributed by atoms with Crippen molar-refractivity contribution >= 4 is 63.8 Å². The monoisotopic (exact) mass is 481 g/mol. The second kappa shape index (κ2) is 9.77. The van der Waals surface area contributed by atoms with Gasteiger partial charge in [0, 0.05) is 30.3 Å². The Hall–Kier alpha value is -3.15. The normalized spacial score (nSPS) is 10.5. The zero-order valence-electron chi connectivity index (χ0n) is 15.7. The molecule has 0 saturated heterocycles. The summed E-state index contributed by atoms with van der Waals surface area (Å²) in [6.45, 7) is 1.40. The summed E-state index contributed by atoms with van der Waals surface area (Å²) in [6.07, 6.45) is 0. The van der Waals surface area contributed by atoms with Crippen molar-refractivity contribution in [3.63, 3.8) is 0 Å². The number of nitrogens with one attached hydrogen (secondary N) is 2. The van der Waals surface area contributed by atoms with Crippen LogP contribution in [0.5, 0.6) is 0 Å². The first kappa shape index (κ1) is 22.5. The Balaban J connectivity index is 1.63. The molecular formula is C18H13Cl2N5O5S. The number of non-ortho nitro benzene ring substituents is 1. The van der Waals surface area contributed by atoms with Crippen molar-refractivity contribution in [3.8, 4) is 11.5 Å². The molecule has 0 bridgehead atoms. The van der Waals surface area contributed by atoms with Crippen LogP contribution in [0.2, 0.25) is 10.0 Å². The molecule has 0 radical (unpaired) electrons. The van der Waals surface area contributed by atoms with Crippen LogP contribution in [0.4, 0.5) is 17.1 Å². The van der Waals surface area contributed by atoms with Gasteiger partial charge in [-0.25, -0.2) is 0 Å². The molecule has 0 spiro atoms. The lowest BCUT2D eigenvalue weighted by Crippen LogP contribution is -2.14. The summed E-state index contributed by atoms with van der Waals surface area (Å²) in [5.74, 6) is -0.568. The molecule has 0 fully saturated rings. The van der Waals surface area contributed by atoms with Crippen LogP contribution in [0, 0.1) is 10.1 Å². The van der Waals surface area contributed by atoms with E-state index in [4.69, 9.17) is 27.6 Å². The van der Waals surface area contributed by atoms with E-state index in [2.05, 4.69) is 20.8 Å². The molecule has 3 aromatic rings. The standard InChI is InChI=1S/C18H13Cl2N5O5S/c1-9(26)21-11-4-2-3-10(5-11)17-23-24-18(30-17)31-8-15(27)22-16-13(19)6-12(25(28)29)7-14(16)20/h2-7H,8H2,1H3,(H,21,26)(H,22,27). The van der Waals surface area contributed by atoms with Crippen molar-refractivity contribution in [1.82, 2.24) is 10.2 Å². The number of carbonyl (C=O) groups excluding carboxylic acids is 2. The minimum absolute atomic E-state index is 0.0586. The van der Waals surface area contributed by atoms with Crippen molar-refractivity contribution < 1.29 is 18.9 Å². The predicted octanol–water partition coefficient (Wildman–Crippen LogP) is 4.64. The molecule has 2 aromatic carbocycles. The lowest BCUT2D eigenvalue weighted by Gasteiger charge is -2.08. The fourth-order valence-electron chi connectivity index (χ4n) is 2.41. The van der Waals surface area contributed by atoms with Crippen LogP contribution in [0.3, 0.4) is 0 Å². The van der Waals surface area contributed by atoms with Crippen molar-refractivity contribution in [3.05, 3.63) is 56.6 Å². The number of thioether (sulfide) groups is 1. The van der Waals surface area contributed by atoms with E-state index in [1.165, 1.54) is 6.92 Å². The Kier molecular flexibility index (Phi) is 7.10. The fourth-order valence-corrected chi connectivity index (χ4v) is 3.54. The molecule has 0 aliphatic rings. The summed E-state index contributed by atoms with van der Waals surface area (Å²) >= 11 is 12.9. The number of rotatable bonds is 7. The third-order valence-corrected chi connectivity index (χ3v) is 5.08. The summed E-state index contributed by atoms with van der Waals surface area (Å²) in [5.41, 5.74) is 0.956. The van der Waals surface area contributed by atoms with Crippen LogP contribution in [0.15, 0.2) is 46.0 Å². The quantitative estimate of drug-likeness (QED) is 0.282. The van der Waals surface area contributed by atoms with E-state index in [0.29, 0.717) is 11.3 Å². The minimum Gasteiger partial charge on any atom is -0.411 e. The molecule has 0 unspecified atom stereocenters. The van der Waals surface area contributed by atoms with E-state index in [9.17, 15) is 19.7 Å². The molecule has 13 heteroatoms. The fraction of sp³-hybridized carbons (Fsp3) is 0.111. The maximum absolute atomic E-state index is 12.2. The highest BCUT2D eigenvalue weighted by Crippen LogP contribution is 2.35. The van der Waals surface area contributed by atoms with Gasteiger partial charge in [0.25, 0.3) is 10.9 Å². The van der Waals surface area contributed by atoms with Crippen LogP contribution in [0.25, 0.3) is 11.5 Å². The number of halogens is 2. The van der Waals surface area contributed by atoms with Gasteiger partial charge in [-0.1, -0.05) is 41.0 Å². The van der Waals surface area contributed by atoms with Gasteiger partial charge >= 0.3 is 0 Å². The molecule has 2 amide bonds. The van der Waals surface area contributed by atoms with E-state index in [0.717, 1.165) is 23.9 Å². The molecule has 0 aliphatic carbocycles. The first-order valence-electron chi connectivity index (χ1n) is 8.50. The maximum atomic E-state index is 12.2. The molecule has 0 saturated carbocycles. The van der Waals surface area contributed by atoms with E-state index >= 15 is 0 Å². The van der Waals surface area contributed by atoms with Crippen molar-refractivity contribution in [2.75, 3.05) is 16.4 Å². The van der Waals surface area contributed by atoms with Crippen LogP contribution < -0.4 is 10.6 Å². The molecule has 10 nitrogen and oxygen atoms in total. The SMILES string of the molecule is CC(=O)Nc1cccc(-c2nnc(SCC(=O)Nc3c(Cl)cc([N+](=O)[O-])cc3Cl)o2)c1. The van der Waals surface area contributed by atoms with E-state index < -0.39 is 10.8 Å². The van der Waals surface area contributed by atoms with Crippen molar-refractivity contribution in [2.24, 2.45) is 0 Å². The first-order chi connectivity index (χ1) is 14.7. The summed E-state index contributed by atoms with van der Waals surface area (Å²) in [4.78, 5) is 33.6. The number of nitro groups is 1. The second-order valence-corrected chi connectivity index (χ2v) is 7.75. The topological polar surface area (TPSA) is 140 Å². The number of carbonyl (C=O) groups is 2. The zero-order valence-corrected chi connectivity index (χ0v) is 18.0. The van der Waals surface area contributed by atoms with Gasteiger partial charge < -0.3 is 15.1 Å². The highest BCUT2D eigenvalue weighted by atomic mass is 35.5. The molecular weight excluding hydrogens is 469 g/mol. The van der Waals surface area contributed by atoms with Gasteiger partial charge in [-0.3, -0.25) is 19.7 Å². The average Bonchev–Trinajstić information content (AvgIpc) is 3.18. The summed E-state index contributed by atoms with van der Waals surface area (Å²) < 4.78 is 5.54. The van der Waals surface area contributed by atoms with Gasteiger partial charge in [0.05, 0.1) is 26.4 Å². The number of hydrogen-bond donors (Lipinski definition) is 2. The zero-order chi connectivity index (χ0) is 22.5. The van der Waals surface area contributed by atoms with E-state index in [1.807, 2.05) is 0 Å². The van der Waals surface area contributed by atoms with Crippen molar-refractivity contribution in [1.29, 1.82) is 0 Å². The molecule has 3 rings (SSSR count). The maximum Gasteiger partial charge on any atom is 0.277 e. The number of anilines is 2.